The van der Waals surface area contributed by atoms with Crippen LogP contribution in [-0.4, -0.2) is 39.4 Å². The average molecular weight is 350 g/mol. The maximum Gasteiger partial charge on any atom is 0.309 e. The van der Waals surface area contributed by atoms with Crippen LogP contribution < -0.4 is 0 Å². The van der Waals surface area contributed by atoms with E-state index >= 15 is 0 Å². The van der Waals surface area contributed by atoms with Crippen molar-refractivity contribution in [3.63, 3.8) is 0 Å². The third kappa shape index (κ3) is 3.14. The Bertz CT molecular complexity index is 958. The van der Waals surface area contributed by atoms with Crippen molar-refractivity contribution < 1.29 is 9.18 Å². The van der Waals surface area contributed by atoms with Crippen LogP contribution in [-0.2, 0) is 4.79 Å². The second kappa shape index (κ2) is 6.78. The molecule has 1 atom stereocenters. The average Bonchev–Trinajstić information content (AvgIpc) is 2.68. The molecular weight excluding hydrogens is 331 g/mol. The van der Waals surface area contributed by atoms with Crippen LogP contribution in [0.25, 0.3) is 22.0 Å². The van der Waals surface area contributed by atoms with Crippen LogP contribution in [0.15, 0.2) is 36.7 Å². The summed E-state index contributed by atoms with van der Waals surface area (Å²) in [5.74, 6) is 0.129. The Morgan fingerprint density at radius 3 is 2.85 bits per heavy atom. The molecule has 132 valence electrons. The number of rotatable bonds is 3. The number of benzene rings is 1. The number of carbonyl (C=O) groups excluding carboxylic acids is 1. The van der Waals surface area contributed by atoms with E-state index in [1.807, 2.05) is 31.3 Å². The first-order valence-corrected chi connectivity index (χ1v) is 8.72. The minimum Gasteiger partial charge on any atom is -0.345 e. The Morgan fingerprint density at radius 2 is 2.08 bits per heavy atom. The fourth-order valence-corrected chi connectivity index (χ4v) is 3.62. The number of carbonyl (C=O) groups is 1. The van der Waals surface area contributed by atoms with E-state index in [1.165, 1.54) is 6.20 Å². The molecule has 5 nitrogen and oxygen atoms in total. The Balaban J connectivity index is 1.86. The molecule has 0 radical (unpaired) electrons. The van der Waals surface area contributed by atoms with Crippen molar-refractivity contribution in [2.24, 2.45) is 0 Å². The molecule has 3 aromatic rings. The first-order valence-electron chi connectivity index (χ1n) is 8.72. The summed E-state index contributed by atoms with van der Waals surface area (Å²) in [6.45, 7) is 3.34. The van der Waals surface area contributed by atoms with E-state index in [0.29, 0.717) is 12.1 Å². The van der Waals surface area contributed by atoms with E-state index in [9.17, 15) is 9.18 Å². The van der Waals surface area contributed by atoms with Crippen LogP contribution in [0.4, 0.5) is 4.39 Å². The normalized spacial score (nSPS) is 17.5. The van der Waals surface area contributed by atoms with Crippen LogP contribution in [0, 0.1) is 13.0 Å². The molecule has 1 aliphatic rings. The molecule has 0 saturated carbocycles. The smallest absolute Gasteiger partial charge is 0.309 e. The third-order valence-corrected chi connectivity index (χ3v) is 4.97. The molecule has 1 saturated heterocycles. The number of aromatic nitrogens is 3. The van der Waals surface area contributed by atoms with Gasteiger partial charge in [-0.25, -0.2) is 9.97 Å². The molecule has 0 spiro atoms. The number of amides is 1. The SMILES string of the molecule is Cc1ccc(-c2cc(C3CCCN(C=O)C3)c3nc(F)ncc3c2)cn1. The van der Waals surface area contributed by atoms with E-state index in [4.69, 9.17) is 0 Å². The largest absolute Gasteiger partial charge is 0.345 e. The molecule has 2 aromatic heterocycles. The summed E-state index contributed by atoms with van der Waals surface area (Å²) >= 11 is 0. The molecule has 1 amide bonds. The van der Waals surface area contributed by atoms with Gasteiger partial charge in [-0.15, -0.1) is 0 Å². The predicted molar refractivity (Wildman–Crippen MR) is 97.1 cm³/mol. The standard InChI is InChI=1S/C20H19FN4O/c1-13-4-5-14(9-22-13)16-7-17-10-23-20(21)24-19(17)18(8-16)15-3-2-6-25(11-15)12-26/h4-5,7-10,12,15H,2-3,6,11H2,1H3. The molecular formula is C20H19FN4O. The molecule has 6 heteroatoms. The number of halogens is 1. The van der Waals surface area contributed by atoms with E-state index in [0.717, 1.165) is 53.6 Å². The molecule has 1 aliphatic heterocycles. The van der Waals surface area contributed by atoms with Gasteiger partial charge in [0, 0.05) is 48.0 Å². The van der Waals surface area contributed by atoms with Gasteiger partial charge in [0.1, 0.15) is 0 Å². The van der Waals surface area contributed by atoms with Gasteiger partial charge in [-0.05, 0) is 49.1 Å². The predicted octanol–water partition coefficient (Wildman–Crippen LogP) is 3.48. The molecule has 0 N–H and O–H groups in total. The quantitative estimate of drug-likeness (QED) is 0.536. The Hall–Kier alpha value is -2.89. The molecule has 1 aromatic carbocycles. The highest BCUT2D eigenvalue weighted by molar-refractivity contribution is 5.87. The number of pyridine rings is 1. The van der Waals surface area contributed by atoms with Gasteiger partial charge in [0.2, 0.25) is 6.41 Å². The highest BCUT2D eigenvalue weighted by Crippen LogP contribution is 2.34. The van der Waals surface area contributed by atoms with Gasteiger partial charge in [-0.1, -0.05) is 6.07 Å². The second-order valence-electron chi connectivity index (χ2n) is 6.77. The lowest BCUT2D eigenvalue weighted by Crippen LogP contribution is -2.33. The lowest BCUT2D eigenvalue weighted by Gasteiger charge is -2.30. The zero-order chi connectivity index (χ0) is 18.1. The minimum absolute atomic E-state index is 0.129. The Labute approximate surface area is 150 Å². The molecule has 4 rings (SSSR count). The van der Waals surface area contributed by atoms with Gasteiger partial charge in [0.15, 0.2) is 0 Å². The molecule has 1 unspecified atom stereocenters. The minimum atomic E-state index is -0.730. The number of aryl methyl sites for hydroxylation is 1. The summed E-state index contributed by atoms with van der Waals surface area (Å²) in [4.78, 5) is 25.1. The van der Waals surface area contributed by atoms with Crippen LogP contribution in [0.1, 0.15) is 30.0 Å². The topological polar surface area (TPSA) is 59.0 Å². The number of hydrogen-bond acceptors (Lipinski definition) is 4. The van der Waals surface area contributed by atoms with Crippen LogP contribution >= 0.6 is 0 Å². The van der Waals surface area contributed by atoms with Crippen molar-refractivity contribution in [1.82, 2.24) is 19.9 Å². The van der Waals surface area contributed by atoms with Gasteiger partial charge < -0.3 is 4.90 Å². The summed E-state index contributed by atoms with van der Waals surface area (Å²) in [7, 11) is 0. The first-order chi connectivity index (χ1) is 12.6. The van der Waals surface area contributed by atoms with Gasteiger partial charge in [-0.3, -0.25) is 9.78 Å². The summed E-state index contributed by atoms with van der Waals surface area (Å²) in [6.07, 6.45) is 5.38. The highest BCUT2D eigenvalue weighted by atomic mass is 19.1. The number of fused-ring (bicyclic) bond motifs is 1. The van der Waals surface area contributed by atoms with Crippen LogP contribution in [0.5, 0.6) is 0 Å². The number of piperidine rings is 1. The third-order valence-electron chi connectivity index (χ3n) is 4.97. The first kappa shape index (κ1) is 16.6. The monoisotopic (exact) mass is 350 g/mol. The van der Waals surface area contributed by atoms with Crippen molar-refractivity contribution in [1.29, 1.82) is 0 Å². The van der Waals surface area contributed by atoms with E-state index in [2.05, 4.69) is 21.0 Å². The maximum atomic E-state index is 13.7. The fraction of sp³-hybridized carbons (Fsp3) is 0.300. The summed E-state index contributed by atoms with van der Waals surface area (Å²) < 4.78 is 13.7. The fourth-order valence-electron chi connectivity index (χ4n) is 3.62. The highest BCUT2D eigenvalue weighted by Gasteiger charge is 2.23. The molecule has 0 aliphatic carbocycles. The maximum absolute atomic E-state index is 13.7. The van der Waals surface area contributed by atoms with Crippen molar-refractivity contribution in [3.8, 4) is 11.1 Å². The van der Waals surface area contributed by atoms with Gasteiger partial charge >= 0.3 is 6.08 Å². The van der Waals surface area contributed by atoms with Crippen LogP contribution in [0.3, 0.4) is 0 Å². The Morgan fingerprint density at radius 1 is 1.19 bits per heavy atom. The van der Waals surface area contributed by atoms with Crippen molar-refractivity contribution in [2.75, 3.05) is 13.1 Å². The molecule has 26 heavy (non-hydrogen) atoms. The lowest BCUT2D eigenvalue weighted by molar-refractivity contribution is -0.119. The summed E-state index contributed by atoms with van der Waals surface area (Å²) in [5.41, 5.74) is 4.53. The zero-order valence-electron chi connectivity index (χ0n) is 14.5. The van der Waals surface area contributed by atoms with Gasteiger partial charge in [0.25, 0.3) is 0 Å². The molecule has 1 fully saturated rings. The van der Waals surface area contributed by atoms with Crippen molar-refractivity contribution >= 4 is 17.3 Å². The lowest BCUT2D eigenvalue weighted by atomic mass is 9.87. The van der Waals surface area contributed by atoms with Gasteiger partial charge in [-0.2, -0.15) is 4.39 Å². The Kier molecular flexibility index (Phi) is 4.32. The van der Waals surface area contributed by atoms with Crippen LogP contribution in [0.2, 0.25) is 0 Å². The summed E-state index contributed by atoms with van der Waals surface area (Å²) in [5, 5.41) is 0.794. The van der Waals surface area contributed by atoms with Crippen molar-refractivity contribution in [3.05, 3.63) is 54.0 Å². The number of likely N-dealkylation sites (tertiary alicyclic amines) is 1. The molecule has 0 bridgehead atoms. The number of nitrogens with zero attached hydrogens (tertiary/aromatic N) is 4. The zero-order valence-corrected chi connectivity index (χ0v) is 14.5. The number of hydrogen-bond donors (Lipinski definition) is 0. The molecule has 3 heterocycles. The van der Waals surface area contributed by atoms with E-state index in [1.54, 1.807) is 4.90 Å². The van der Waals surface area contributed by atoms with Gasteiger partial charge in [0.05, 0.1) is 5.52 Å². The van der Waals surface area contributed by atoms with E-state index in [-0.39, 0.29) is 5.92 Å². The van der Waals surface area contributed by atoms with E-state index < -0.39 is 6.08 Å². The summed E-state index contributed by atoms with van der Waals surface area (Å²) in [6, 6.07) is 8.01. The second-order valence-corrected chi connectivity index (χ2v) is 6.77. The van der Waals surface area contributed by atoms with Crippen molar-refractivity contribution in [2.45, 2.75) is 25.7 Å².